The first kappa shape index (κ1) is 18.3. The monoisotopic (exact) mass is 362 g/mol. The number of rotatable bonds is 4. The topological polar surface area (TPSA) is 65.1 Å². The summed E-state index contributed by atoms with van der Waals surface area (Å²) in [5.41, 5.74) is 8.95. The van der Waals surface area contributed by atoms with Crippen molar-refractivity contribution in [3.63, 3.8) is 0 Å². The Morgan fingerprint density at radius 1 is 1.00 bits per heavy atom. The lowest BCUT2D eigenvalue weighted by Crippen LogP contribution is -2.13. The molecule has 3 aromatic rings. The molecule has 0 aliphatic rings. The summed E-state index contributed by atoms with van der Waals surface area (Å²) in [6.45, 7) is 2.21. The molecule has 24 heavy (non-hydrogen) atoms. The molecular formula is C18H19ClN2O2S. The number of nitrogens with two attached hydrogens (primary N) is 1. The van der Waals surface area contributed by atoms with E-state index in [0.29, 0.717) is 5.69 Å². The molecular weight excluding hydrogens is 344 g/mol. The van der Waals surface area contributed by atoms with Crippen LogP contribution < -0.4 is 5.73 Å². The lowest BCUT2D eigenvalue weighted by Gasteiger charge is -2.11. The Balaban J connectivity index is 0.00000208. The molecule has 1 aromatic heterocycles. The molecule has 2 N–H and O–H groups in total. The van der Waals surface area contributed by atoms with Crippen LogP contribution in [0.2, 0.25) is 0 Å². The van der Waals surface area contributed by atoms with E-state index in [2.05, 4.69) is 0 Å². The summed E-state index contributed by atoms with van der Waals surface area (Å²) in [4.78, 5) is 0.263. The molecule has 0 saturated heterocycles. The highest BCUT2D eigenvalue weighted by Crippen LogP contribution is 2.27. The highest BCUT2D eigenvalue weighted by Gasteiger charge is 2.21. The van der Waals surface area contributed by atoms with Crippen molar-refractivity contribution in [2.75, 3.05) is 0 Å². The minimum absolute atomic E-state index is 0. The van der Waals surface area contributed by atoms with Gasteiger partial charge < -0.3 is 5.73 Å². The van der Waals surface area contributed by atoms with E-state index < -0.39 is 10.0 Å². The molecule has 0 amide bonds. The molecule has 126 valence electrons. The fourth-order valence-corrected chi connectivity index (χ4v) is 3.85. The van der Waals surface area contributed by atoms with Crippen LogP contribution in [0.25, 0.3) is 11.3 Å². The van der Waals surface area contributed by atoms with Crippen LogP contribution in [0.3, 0.4) is 0 Å². The summed E-state index contributed by atoms with van der Waals surface area (Å²) in [6, 6.07) is 18.1. The van der Waals surface area contributed by atoms with Crippen molar-refractivity contribution in [3.8, 4) is 11.3 Å². The maximum atomic E-state index is 13.0. The van der Waals surface area contributed by atoms with E-state index in [1.807, 2.05) is 43.3 Å². The SMILES string of the molecule is Cc1ccc(S(=O)(=O)n2cc(CN)cc2-c2ccccc2)cc1.Cl. The van der Waals surface area contributed by atoms with Crippen molar-refractivity contribution in [2.24, 2.45) is 5.73 Å². The van der Waals surface area contributed by atoms with Crippen molar-refractivity contribution in [1.82, 2.24) is 3.97 Å². The van der Waals surface area contributed by atoms with Crippen LogP contribution in [0.4, 0.5) is 0 Å². The molecule has 0 spiro atoms. The molecule has 2 aromatic carbocycles. The average molecular weight is 363 g/mol. The van der Waals surface area contributed by atoms with Crippen LogP contribution in [0, 0.1) is 6.92 Å². The molecule has 0 atom stereocenters. The van der Waals surface area contributed by atoms with Gasteiger partial charge in [-0.1, -0.05) is 48.0 Å². The molecule has 1 heterocycles. The van der Waals surface area contributed by atoms with E-state index in [4.69, 9.17) is 5.73 Å². The molecule has 0 fully saturated rings. The largest absolute Gasteiger partial charge is 0.326 e. The minimum Gasteiger partial charge on any atom is -0.326 e. The normalized spacial score (nSPS) is 11.1. The van der Waals surface area contributed by atoms with Gasteiger partial charge in [0.25, 0.3) is 10.0 Å². The lowest BCUT2D eigenvalue weighted by atomic mass is 10.1. The van der Waals surface area contributed by atoms with E-state index in [1.54, 1.807) is 30.5 Å². The number of aromatic nitrogens is 1. The van der Waals surface area contributed by atoms with E-state index in [0.717, 1.165) is 16.7 Å². The smallest absolute Gasteiger partial charge is 0.268 e. The standard InChI is InChI=1S/C18H18N2O2S.ClH/c1-14-7-9-17(10-8-14)23(21,22)20-13-15(12-19)11-18(20)16-5-3-2-4-6-16;/h2-11,13H,12,19H2,1H3;1H. The van der Waals surface area contributed by atoms with Crippen LogP contribution in [-0.4, -0.2) is 12.4 Å². The Kier molecular flexibility index (Phi) is 5.49. The Bertz CT molecular complexity index is 917. The highest BCUT2D eigenvalue weighted by atomic mass is 35.5. The predicted molar refractivity (Wildman–Crippen MR) is 98.8 cm³/mol. The first-order valence-corrected chi connectivity index (χ1v) is 8.75. The molecule has 3 rings (SSSR count). The Hall–Kier alpha value is -2.08. The van der Waals surface area contributed by atoms with Gasteiger partial charge in [0.05, 0.1) is 10.6 Å². The molecule has 0 unspecified atom stereocenters. The van der Waals surface area contributed by atoms with Gasteiger partial charge in [0.15, 0.2) is 0 Å². The summed E-state index contributed by atoms with van der Waals surface area (Å²) in [5, 5.41) is 0. The third-order valence-electron chi connectivity index (χ3n) is 3.73. The summed E-state index contributed by atoms with van der Waals surface area (Å²) in [5.74, 6) is 0. The Morgan fingerprint density at radius 2 is 1.62 bits per heavy atom. The van der Waals surface area contributed by atoms with Gasteiger partial charge in [-0.2, -0.15) is 0 Å². The average Bonchev–Trinajstić information content (AvgIpc) is 3.01. The van der Waals surface area contributed by atoms with Crippen LogP contribution in [-0.2, 0) is 16.6 Å². The first-order chi connectivity index (χ1) is 11.0. The fourth-order valence-electron chi connectivity index (χ4n) is 2.45. The van der Waals surface area contributed by atoms with Crippen LogP contribution in [0.5, 0.6) is 0 Å². The third-order valence-corrected chi connectivity index (χ3v) is 5.41. The quantitative estimate of drug-likeness (QED) is 0.771. The second-order valence-corrected chi connectivity index (χ2v) is 7.23. The summed E-state index contributed by atoms with van der Waals surface area (Å²) in [6.07, 6.45) is 1.59. The van der Waals surface area contributed by atoms with Crippen molar-refractivity contribution in [1.29, 1.82) is 0 Å². The third kappa shape index (κ3) is 3.38. The lowest BCUT2D eigenvalue weighted by molar-refractivity contribution is 0.588. The van der Waals surface area contributed by atoms with E-state index >= 15 is 0 Å². The fraction of sp³-hybridized carbons (Fsp3) is 0.111. The summed E-state index contributed by atoms with van der Waals surface area (Å²) < 4.78 is 27.3. The van der Waals surface area contributed by atoms with Gasteiger partial charge in [-0.25, -0.2) is 12.4 Å². The number of hydrogen-bond donors (Lipinski definition) is 1. The summed E-state index contributed by atoms with van der Waals surface area (Å²) in [7, 11) is -3.66. The number of aryl methyl sites for hydroxylation is 1. The summed E-state index contributed by atoms with van der Waals surface area (Å²) >= 11 is 0. The number of nitrogens with zero attached hydrogens (tertiary/aromatic N) is 1. The van der Waals surface area contributed by atoms with Gasteiger partial charge in [-0.3, -0.25) is 0 Å². The van der Waals surface area contributed by atoms with Crippen LogP contribution in [0.15, 0.2) is 71.8 Å². The molecule has 0 saturated carbocycles. The number of benzene rings is 2. The molecule has 0 aliphatic heterocycles. The van der Waals surface area contributed by atoms with Crippen LogP contribution in [0.1, 0.15) is 11.1 Å². The zero-order valence-electron chi connectivity index (χ0n) is 13.2. The van der Waals surface area contributed by atoms with Gasteiger partial charge in [-0.05, 0) is 36.2 Å². The van der Waals surface area contributed by atoms with Crippen molar-refractivity contribution < 1.29 is 8.42 Å². The number of hydrogen-bond acceptors (Lipinski definition) is 3. The van der Waals surface area contributed by atoms with Crippen molar-refractivity contribution in [3.05, 3.63) is 78.0 Å². The van der Waals surface area contributed by atoms with Gasteiger partial charge in [0, 0.05) is 12.7 Å². The van der Waals surface area contributed by atoms with Gasteiger partial charge in [-0.15, -0.1) is 12.4 Å². The second kappa shape index (κ2) is 7.21. The second-order valence-electron chi connectivity index (χ2n) is 5.42. The zero-order valence-corrected chi connectivity index (χ0v) is 14.8. The molecule has 0 radical (unpaired) electrons. The van der Waals surface area contributed by atoms with E-state index in [-0.39, 0.29) is 23.8 Å². The molecule has 6 heteroatoms. The maximum Gasteiger partial charge on any atom is 0.268 e. The highest BCUT2D eigenvalue weighted by molar-refractivity contribution is 7.90. The van der Waals surface area contributed by atoms with E-state index in [1.165, 1.54) is 3.97 Å². The Morgan fingerprint density at radius 3 is 2.21 bits per heavy atom. The minimum atomic E-state index is -3.66. The van der Waals surface area contributed by atoms with E-state index in [9.17, 15) is 8.42 Å². The van der Waals surface area contributed by atoms with Crippen LogP contribution >= 0.6 is 12.4 Å². The predicted octanol–water partition coefficient (Wildman–Crippen LogP) is 3.58. The van der Waals surface area contributed by atoms with Gasteiger partial charge >= 0.3 is 0 Å². The zero-order chi connectivity index (χ0) is 16.4. The van der Waals surface area contributed by atoms with Crippen molar-refractivity contribution >= 4 is 22.4 Å². The maximum absolute atomic E-state index is 13.0. The Labute approximate surface area is 148 Å². The molecule has 0 bridgehead atoms. The molecule has 0 aliphatic carbocycles. The van der Waals surface area contributed by atoms with Gasteiger partial charge in [0.2, 0.25) is 0 Å². The molecule has 4 nitrogen and oxygen atoms in total. The van der Waals surface area contributed by atoms with Gasteiger partial charge in [0.1, 0.15) is 0 Å². The first-order valence-electron chi connectivity index (χ1n) is 7.31. The number of halogens is 1. The van der Waals surface area contributed by atoms with Crippen molar-refractivity contribution in [2.45, 2.75) is 18.4 Å².